The van der Waals surface area contributed by atoms with Crippen LogP contribution in [-0.2, 0) is 6.54 Å². The number of aromatic nitrogens is 1. The molecule has 1 atom stereocenters. The van der Waals surface area contributed by atoms with Crippen LogP contribution in [0.4, 0.5) is 0 Å². The molecule has 0 aliphatic carbocycles. The highest BCUT2D eigenvalue weighted by molar-refractivity contribution is 14.0. The molecule has 0 aliphatic heterocycles. The number of hydrogen-bond acceptors (Lipinski definition) is 3. The van der Waals surface area contributed by atoms with Gasteiger partial charge in [0.2, 0.25) is 0 Å². The zero-order valence-electron chi connectivity index (χ0n) is 14.8. The van der Waals surface area contributed by atoms with Crippen molar-refractivity contribution >= 4 is 41.3 Å². The van der Waals surface area contributed by atoms with E-state index in [1.54, 1.807) is 11.3 Å². The predicted octanol–water partition coefficient (Wildman–Crippen LogP) is 4.27. The molecule has 6 heteroatoms. The maximum Gasteiger partial charge on any atom is 0.193 e. The average molecular weight is 458 g/mol. The third-order valence-electron chi connectivity index (χ3n) is 3.87. The Hall–Kier alpha value is -1.15. The lowest BCUT2D eigenvalue weighted by atomic mass is 9.98. The first-order valence-corrected chi connectivity index (χ1v) is 8.86. The lowest BCUT2D eigenvalue weighted by Crippen LogP contribution is -2.39. The van der Waals surface area contributed by atoms with E-state index in [1.807, 2.05) is 21.0 Å². The molecule has 0 amide bonds. The summed E-state index contributed by atoms with van der Waals surface area (Å²) in [5.41, 5.74) is 2.48. The lowest BCUT2D eigenvalue weighted by molar-refractivity contribution is 0.468. The van der Waals surface area contributed by atoms with Crippen molar-refractivity contribution in [2.24, 2.45) is 4.99 Å². The normalized spacial score (nSPS) is 12.4. The smallest absolute Gasteiger partial charge is 0.193 e. The van der Waals surface area contributed by atoms with Crippen LogP contribution in [0.15, 0.2) is 40.7 Å². The molecule has 0 spiro atoms. The molecule has 1 aromatic heterocycles. The number of hydrogen-bond donors (Lipinski definition) is 1. The van der Waals surface area contributed by atoms with Crippen LogP contribution in [0.2, 0.25) is 0 Å². The van der Waals surface area contributed by atoms with Crippen LogP contribution in [0.5, 0.6) is 0 Å². The van der Waals surface area contributed by atoms with Crippen LogP contribution in [0.1, 0.15) is 35.5 Å². The van der Waals surface area contributed by atoms with Crippen LogP contribution in [0, 0.1) is 6.92 Å². The summed E-state index contributed by atoms with van der Waals surface area (Å²) in [6.45, 7) is 5.98. The molecule has 0 saturated heterocycles. The number of benzene rings is 1. The summed E-state index contributed by atoms with van der Waals surface area (Å²) >= 11 is 1.69. The molecule has 1 aromatic carbocycles. The summed E-state index contributed by atoms with van der Waals surface area (Å²) in [6.07, 6.45) is 1.08. The summed E-state index contributed by atoms with van der Waals surface area (Å²) in [7, 11) is 3.87. The third-order valence-corrected chi connectivity index (χ3v) is 4.69. The van der Waals surface area contributed by atoms with Crippen molar-refractivity contribution < 1.29 is 0 Å². The Bertz CT molecular complexity index is 627. The molecule has 1 N–H and O–H groups in total. The average Bonchev–Trinajstić information content (AvgIpc) is 2.97. The van der Waals surface area contributed by atoms with Crippen LogP contribution in [0.3, 0.4) is 0 Å². The second kappa shape index (κ2) is 10.7. The minimum Gasteiger partial charge on any atom is -0.356 e. The molecule has 132 valence electrons. The summed E-state index contributed by atoms with van der Waals surface area (Å²) in [5, 5.41) is 6.66. The minimum absolute atomic E-state index is 0. The number of thiazole rings is 1. The second-order valence-corrected chi connectivity index (χ2v) is 6.85. The van der Waals surface area contributed by atoms with Gasteiger partial charge in [0.1, 0.15) is 0 Å². The van der Waals surface area contributed by atoms with Gasteiger partial charge in [0.05, 0.1) is 17.2 Å². The third kappa shape index (κ3) is 6.39. The van der Waals surface area contributed by atoms with E-state index in [9.17, 15) is 0 Å². The molecule has 2 rings (SSSR count). The van der Waals surface area contributed by atoms with Gasteiger partial charge in [0, 0.05) is 26.0 Å². The highest BCUT2D eigenvalue weighted by atomic mass is 127. The Labute approximate surface area is 166 Å². The Morgan fingerprint density at radius 3 is 2.62 bits per heavy atom. The van der Waals surface area contributed by atoms with E-state index in [0.717, 1.165) is 36.2 Å². The zero-order chi connectivity index (χ0) is 16.7. The molecule has 0 radical (unpaired) electrons. The van der Waals surface area contributed by atoms with Crippen molar-refractivity contribution in [2.45, 2.75) is 32.7 Å². The number of rotatable bonds is 6. The summed E-state index contributed by atoms with van der Waals surface area (Å²) < 4.78 is 0. The number of aliphatic imine (C=N–C) groups is 1. The monoisotopic (exact) mass is 458 g/mol. The summed E-state index contributed by atoms with van der Waals surface area (Å²) in [4.78, 5) is 11.0. The largest absolute Gasteiger partial charge is 0.356 e. The van der Waals surface area contributed by atoms with Crippen molar-refractivity contribution in [3.05, 3.63) is 52.0 Å². The van der Waals surface area contributed by atoms with E-state index in [0.29, 0.717) is 5.92 Å². The Kier molecular flexibility index (Phi) is 9.28. The molecular formula is C18H27IN4S. The fourth-order valence-electron chi connectivity index (χ4n) is 2.53. The number of halogens is 1. The fraction of sp³-hybridized carbons (Fsp3) is 0.444. The maximum atomic E-state index is 4.51. The number of nitrogens with zero attached hydrogens (tertiary/aromatic N) is 3. The van der Waals surface area contributed by atoms with Crippen LogP contribution < -0.4 is 5.32 Å². The molecule has 0 saturated carbocycles. The van der Waals surface area contributed by atoms with Crippen LogP contribution in [0.25, 0.3) is 0 Å². The van der Waals surface area contributed by atoms with E-state index < -0.39 is 0 Å². The van der Waals surface area contributed by atoms with Gasteiger partial charge in [0.25, 0.3) is 0 Å². The standard InChI is InChI=1S/C18H26N4S.HI/c1-14(16-8-6-5-7-9-16)10-11-20-18(19-3)22(4)12-17-13-23-15(2)21-17;/h5-9,13-14H,10-12H2,1-4H3,(H,19,20);1H. The van der Waals surface area contributed by atoms with Crippen LogP contribution >= 0.6 is 35.3 Å². The molecule has 0 aliphatic rings. The molecule has 0 fully saturated rings. The topological polar surface area (TPSA) is 40.5 Å². The zero-order valence-corrected chi connectivity index (χ0v) is 18.0. The first-order valence-electron chi connectivity index (χ1n) is 7.98. The van der Waals surface area contributed by atoms with Gasteiger partial charge in [-0.05, 0) is 24.8 Å². The molecule has 4 nitrogen and oxygen atoms in total. The Morgan fingerprint density at radius 2 is 2.04 bits per heavy atom. The van der Waals surface area contributed by atoms with E-state index in [2.05, 4.69) is 62.8 Å². The summed E-state index contributed by atoms with van der Waals surface area (Å²) in [6, 6.07) is 10.6. The molecule has 0 bridgehead atoms. The van der Waals surface area contributed by atoms with Crippen molar-refractivity contribution in [1.29, 1.82) is 0 Å². The second-order valence-electron chi connectivity index (χ2n) is 5.79. The van der Waals surface area contributed by atoms with E-state index in [4.69, 9.17) is 0 Å². The van der Waals surface area contributed by atoms with Crippen molar-refractivity contribution in [2.75, 3.05) is 20.6 Å². The van der Waals surface area contributed by atoms with Gasteiger partial charge >= 0.3 is 0 Å². The van der Waals surface area contributed by atoms with Gasteiger partial charge in [-0.15, -0.1) is 35.3 Å². The van der Waals surface area contributed by atoms with Gasteiger partial charge in [0.15, 0.2) is 5.96 Å². The van der Waals surface area contributed by atoms with Gasteiger partial charge in [-0.2, -0.15) is 0 Å². The van der Waals surface area contributed by atoms with Crippen molar-refractivity contribution in [1.82, 2.24) is 15.2 Å². The Morgan fingerprint density at radius 1 is 1.33 bits per heavy atom. The van der Waals surface area contributed by atoms with Gasteiger partial charge in [-0.3, -0.25) is 4.99 Å². The number of aryl methyl sites for hydroxylation is 1. The SMILES string of the molecule is CN=C(NCCC(C)c1ccccc1)N(C)Cc1csc(C)n1.I. The van der Waals surface area contributed by atoms with E-state index in [1.165, 1.54) is 5.56 Å². The predicted molar refractivity (Wildman–Crippen MR) is 115 cm³/mol. The molecule has 1 unspecified atom stereocenters. The summed E-state index contributed by atoms with van der Waals surface area (Å²) in [5.74, 6) is 1.45. The first-order chi connectivity index (χ1) is 11.1. The van der Waals surface area contributed by atoms with Crippen molar-refractivity contribution in [3.63, 3.8) is 0 Å². The van der Waals surface area contributed by atoms with Crippen LogP contribution in [-0.4, -0.2) is 36.5 Å². The molecule has 1 heterocycles. The van der Waals surface area contributed by atoms with Gasteiger partial charge in [-0.25, -0.2) is 4.98 Å². The fourth-order valence-corrected chi connectivity index (χ4v) is 3.14. The molecule has 24 heavy (non-hydrogen) atoms. The molecule has 2 aromatic rings. The quantitative estimate of drug-likeness (QED) is 0.399. The van der Waals surface area contributed by atoms with Gasteiger partial charge < -0.3 is 10.2 Å². The van der Waals surface area contributed by atoms with E-state index >= 15 is 0 Å². The van der Waals surface area contributed by atoms with E-state index in [-0.39, 0.29) is 24.0 Å². The Balaban J connectivity index is 0.00000288. The first kappa shape index (κ1) is 20.9. The minimum atomic E-state index is 0. The number of guanidine groups is 1. The van der Waals surface area contributed by atoms with Gasteiger partial charge in [-0.1, -0.05) is 37.3 Å². The van der Waals surface area contributed by atoms with Crippen molar-refractivity contribution in [3.8, 4) is 0 Å². The lowest BCUT2D eigenvalue weighted by Gasteiger charge is -2.22. The highest BCUT2D eigenvalue weighted by Gasteiger charge is 2.10. The highest BCUT2D eigenvalue weighted by Crippen LogP contribution is 2.17. The maximum absolute atomic E-state index is 4.51. The number of nitrogens with one attached hydrogen (secondary N) is 1. The molecular weight excluding hydrogens is 431 g/mol.